The molecule has 0 spiro atoms. The largest absolute Gasteiger partial charge is 0.481 e. The Labute approximate surface area is 165 Å². The van der Waals surface area contributed by atoms with E-state index >= 15 is 0 Å². The number of rotatable bonds is 5. The number of halogens is 3. The van der Waals surface area contributed by atoms with Crippen molar-refractivity contribution in [3.8, 4) is 5.88 Å². The summed E-state index contributed by atoms with van der Waals surface area (Å²) in [5, 5.41) is 2.49. The first-order valence-corrected chi connectivity index (χ1v) is 8.47. The summed E-state index contributed by atoms with van der Waals surface area (Å²) >= 11 is 0. The Bertz CT molecular complexity index is 1010. The van der Waals surface area contributed by atoms with E-state index in [-0.39, 0.29) is 11.3 Å². The van der Waals surface area contributed by atoms with E-state index in [2.05, 4.69) is 15.3 Å². The van der Waals surface area contributed by atoms with Gasteiger partial charge in [0.1, 0.15) is 5.82 Å². The van der Waals surface area contributed by atoms with Gasteiger partial charge < -0.3 is 15.0 Å². The zero-order valence-corrected chi connectivity index (χ0v) is 15.6. The van der Waals surface area contributed by atoms with Gasteiger partial charge in [0, 0.05) is 25.0 Å². The van der Waals surface area contributed by atoms with E-state index in [9.17, 15) is 18.0 Å². The minimum absolute atomic E-state index is 0.0356. The molecule has 0 aliphatic heterocycles. The molecule has 0 unspecified atom stereocenters. The Balaban J connectivity index is 1.87. The maximum Gasteiger partial charge on any atom is 0.416 e. The van der Waals surface area contributed by atoms with E-state index < -0.39 is 17.6 Å². The molecule has 0 bridgehead atoms. The maximum atomic E-state index is 12.9. The molecule has 6 nitrogen and oxygen atoms in total. The molecule has 1 amide bonds. The number of alkyl halides is 3. The van der Waals surface area contributed by atoms with Gasteiger partial charge in [-0.25, -0.2) is 9.97 Å². The lowest BCUT2D eigenvalue weighted by Gasteiger charge is -2.20. The number of aromatic nitrogens is 2. The van der Waals surface area contributed by atoms with Crippen LogP contribution < -0.4 is 15.0 Å². The van der Waals surface area contributed by atoms with Crippen molar-refractivity contribution in [3.63, 3.8) is 0 Å². The molecule has 0 atom stereocenters. The number of methoxy groups -OCH3 is 1. The van der Waals surface area contributed by atoms with Crippen molar-refractivity contribution in [3.05, 3.63) is 72.1 Å². The van der Waals surface area contributed by atoms with Crippen molar-refractivity contribution in [1.82, 2.24) is 9.97 Å². The highest BCUT2D eigenvalue weighted by Crippen LogP contribution is 2.31. The highest BCUT2D eigenvalue weighted by molar-refractivity contribution is 6.08. The number of carbonyl (C=O) groups is 1. The molecule has 3 rings (SSSR count). The first kappa shape index (κ1) is 20.1. The van der Waals surface area contributed by atoms with Crippen LogP contribution in [0.1, 0.15) is 15.9 Å². The van der Waals surface area contributed by atoms with Gasteiger partial charge in [0.2, 0.25) is 5.88 Å². The molecule has 0 aliphatic rings. The standard InChI is InChI=1S/C20H17F3N4O2/c1-27(15-8-9-17(29-2)25-12-15)18-16(7-4-10-24-18)19(28)26-14-6-3-5-13(11-14)20(21,22)23/h3-12H,1-2H3,(H,26,28). The molecule has 1 aromatic carbocycles. The number of amides is 1. The van der Waals surface area contributed by atoms with Crippen LogP contribution in [0.25, 0.3) is 0 Å². The van der Waals surface area contributed by atoms with Crippen molar-refractivity contribution in [2.24, 2.45) is 0 Å². The fourth-order valence-electron chi connectivity index (χ4n) is 2.63. The Morgan fingerprint density at radius 1 is 1.10 bits per heavy atom. The van der Waals surface area contributed by atoms with Gasteiger partial charge in [0.05, 0.1) is 30.1 Å². The van der Waals surface area contributed by atoms with E-state index in [1.807, 2.05) is 0 Å². The Morgan fingerprint density at radius 2 is 1.90 bits per heavy atom. The molecule has 3 aromatic rings. The molecule has 0 radical (unpaired) electrons. The third-order valence-electron chi connectivity index (χ3n) is 4.11. The zero-order valence-electron chi connectivity index (χ0n) is 15.6. The molecular weight excluding hydrogens is 385 g/mol. The average molecular weight is 402 g/mol. The predicted molar refractivity (Wildman–Crippen MR) is 102 cm³/mol. The smallest absolute Gasteiger partial charge is 0.416 e. The summed E-state index contributed by atoms with van der Waals surface area (Å²) in [4.78, 5) is 22.7. The second-order valence-electron chi connectivity index (χ2n) is 6.03. The normalized spacial score (nSPS) is 11.1. The Morgan fingerprint density at radius 3 is 2.55 bits per heavy atom. The number of pyridine rings is 2. The van der Waals surface area contributed by atoms with Crippen molar-refractivity contribution >= 4 is 23.1 Å². The molecule has 0 saturated carbocycles. The summed E-state index contributed by atoms with van der Waals surface area (Å²) in [5.74, 6) is 0.176. The van der Waals surface area contributed by atoms with Gasteiger partial charge in [0.15, 0.2) is 0 Å². The molecule has 2 heterocycles. The van der Waals surface area contributed by atoms with Gasteiger partial charge in [0.25, 0.3) is 5.91 Å². The van der Waals surface area contributed by atoms with Crippen LogP contribution in [-0.4, -0.2) is 30.0 Å². The van der Waals surface area contributed by atoms with Crippen molar-refractivity contribution < 1.29 is 22.7 Å². The van der Waals surface area contributed by atoms with Crippen LogP contribution in [0, 0.1) is 0 Å². The maximum absolute atomic E-state index is 12.9. The van der Waals surface area contributed by atoms with Gasteiger partial charge in [-0.1, -0.05) is 6.07 Å². The number of ether oxygens (including phenoxy) is 1. The quantitative estimate of drug-likeness (QED) is 0.680. The number of carbonyl (C=O) groups excluding carboxylic acids is 1. The van der Waals surface area contributed by atoms with Crippen LogP contribution in [0.3, 0.4) is 0 Å². The second kappa shape index (κ2) is 8.17. The lowest BCUT2D eigenvalue weighted by Crippen LogP contribution is -2.20. The number of benzene rings is 1. The van der Waals surface area contributed by atoms with Gasteiger partial charge in [-0.15, -0.1) is 0 Å². The van der Waals surface area contributed by atoms with E-state index in [0.29, 0.717) is 17.4 Å². The van der Waals surface area contributed by atoms with Gasteiger partial charge >= 0.3 is 6.18 Å². The topological polar surface area (TPSA) is 67.3 Å². The number of hydrogen-bond donors (Lipinski definition) is 1. The van der Waals surface area contributed by atoms with Gasteiger partial charge in [-0.2, -0.15) is 13.2 Å². The Hall–Kier alpha value is -3.62. The molecule has 0 aliphatic carbocycles. The van der Waals surface area contributed by atoms with Crippen LogP contribution in [-0.2, 0) is 6.18 Å². The van der Waals surface area contributed by atoms with E-state index in [0.717, 1.165) is 12.1 Å². The first-order chi connectivity index (χ1) is 13.8. The summed E-state index contributed by atoms with van der Waals surface area (Å²) < 4.78 is 43.7. The minimum atomic E-state index is -4.50. The molecule has 0 fully saturated rings. The molecule has 29 heavy (non-hydrogen) atoms. The second-order valence-corrected chi connectivity index (χ2v) is 6.03. The zero-order chi connectivity index (χ0) is 21.0. The monoisotopic (exact) mass is 402 g/mol. The predicted octanol–water partition coefficient (Wildman–Crippen LogP) is 4.52. The van der Waals surface area contributed by atoms with Gasteiger partial charge in [-0.3, -0.25) is 4.79 Å². The van der Waals surface area contributed by atoms with Crippen molar-refractivity contribution in [1.29, 1.82) is 0 Å². The lowest BCUT2D eigenvalue weighted by molar-refractivity contribution is -0.137. The molecular formula is C20H17F3N4O2. The van der Waals surface area contributed by atoms with Crippen molar-refractivity contribution in [2.45, 2.75) is 6.18 Å². The fraction of sp³-hybridized carbons (Fsp3) is 0.150. The number of nitrogens with one attached hydrogen (secondary N) is 1. The SMILES string of the molecule is COc1ccc(N(C)c2ncccc2C(=O)Nc2cccc(C(F)(F)F)c2)cn1. The number of nitrogens with zero attached hydrogens (tertiary/aromatic N) is 3. The summed E-state index contributed by atoms with van der Waals surface area (Å²) in [6, 6.07) is 11.0. The van der Waals surface area contributed by atoms with Gasteiger partial charge in [-0.05, 0) is 36.4 Å². The molecule has 9 heteroatoms. The van der Waals surface area contributed by atoms with Crippen LogP contribution in [0.5, 0.6) is 5.88 Å². The third kappa shape index (κ3) is 4.63. The van der Waals surface area contributed by atoms with E-state index in [4.69, 9.17) is 4.74 Å². The van der Waals surface area contributed by atoms with E-state index in [1.165, 1.54) is 25.4 Å². The van der Waals surface area contributed by atoms with E-state index in [1.54, 1.807) is 42.4 Å². The fourth-order valence-corrected chi connectivity index (χ4v) is 2.63. The lowest BCUT2D eigenvalue weighted by atomic mass is 10.1. The molecule has 0 saturated heterocycles. The number of anilines is 3. The average Bonchev–Trinajstić information content (AvgIpc) is 2.73. The van der Waals surface area contributed by atoms with Crippen LogP contribution in [0.2, 0.25) is 0 Å². The van der Waals surface area contributed by atoms with Crippen LogP contribution in [0.4, 0.5) is 30.4 Å². The highest BCUT2D eigenvalue weighted by Gasteiger charge is 2.30. The summed E-state index contributed by atoms with van der Waals surface area (Å²) in [6.45, 7) is 0. The molecule has 150 valence electrons. The first-order valence-electron chi connectivity index (χ1n) is 8.47. The number of hydrogen-bond acceptors (Lipinski definition) is 5. The van der Waals surface area contributed by atoms with Crippen LogP contribution >= 0.6 is 0 Å². The third-order valence-corrected chi connectivity index (χ3v) is 4.11. The van der Waals surface area contributed by atoms with Crippen LogP contribution in [0.15, 0.2) is 60.9 Å². The molecule has 2 aromatic heterocycles. The summed E-state index contributed by atoms with van der Waals surface area (Å²) in [7, 11) is 3.20. The summed E-state index contributed by atoms with van der Waals surface area (Å²) in [5.41, 5.74) is 0.0392. The minimum Gasteiger partial charge on any atom is -0.481 e. The summed E-state index contributed by atoms with van der Waals surface area (Å²) in [6.07, 6.45) is -1.42. The molecule has 1 N–H and O–H groups in total. The Kier molecular flexibility index (Phi) is 5.67. The van der Waals surface area contributed by atoms with Crippen molar-refractivity contribution in [2.75, 3.05) is 24.4 Å². The highest BCUT2D eigenvalue weighted by atomic mass is 19.4.